The molecule has 2 heteroatoms. The van der Waals surface area contributed by atoms with Crippen LogP contribution in [0.1, 0.15) is 23.2 Å². The first-order valence-corrected chi connectivity index (χ1v) is 5.74. The number of benzene rings is 1. The molecule has 1 aliphatic rings. The van der Waals surface area contributed by atoms with Crippen LogP contribution in [0.4, 0.5) is 0 Å². The van der Waals surface area contributed by atoms with Crippen molar-refractivity contribution in [2.75, 3.05) is 0 Å². The van der Waals surface area contributed by atoms with Crippen LogP contribution in [0.3, 0.4) is 0 Å². The van der Waals surface area contributed by atoms with E-state index in [0.717, 1.165) is 23.8 Å². The van der Waals surface area contributed by atoms with E-state index in [4.69, 9.17) is 0 Å². The van der Waals surface area contributed by atoms with E-state index in [1.54, 1.807) is 11.3 Å². The molecule has 1 aromatic heterocycles. The van der Waals surface area contributed by atoms with Crippen molar-refractivity contribution in [3.8, 4) is 0 Å². The zero-order valence-corrected chi connectivity index (χ0v) is 8.51. The maximum absolute atomic E-state index is 11.9. The Labute approximate surface area is 86.4 Å². The van der Waals surface area contributed by atoms with Gasteiger partial charge in [-0.2, -0.15) is 0 Å². The van der Waals surface area contributed by atoms with Crippen LogP contribution in [0, 0.1) is 5.92 Å². The first-order valence-electron chi connectivity index (χ1n) is 4.87. The first kappa shape index (κ1) is 8.18. The van der Waals surface area contributed by atoms with E-state index in [0.29, 0.717) is 11.7 Å². The van der Waals surface area contributed by atoms with Gasteiger partial charge in [-0.1, -0.05) is 18.2 Å². The Bertz CT molecular complexity index is 494. The molecule has 0 atom stereocenters. The van der Waals surface area contributed by atoms with Crippen molar-refractivity contribution in [2.24, 2.45) is 5.92 Å². The van der Waals surface area contributed by atoms with Gasteiger partial charge in [0, 0.05) is 26.9 Å². The molecule has 1 fully saturated rings. The van der Waals surface area contributed by atoms with Crippen LogP contribution in [-0.2, 0) is 0 Å². The number of rotatable bonds is 2. The molecule has 0 unspecified atom stereocenters. The lowest BCUT2D eigenvalue weighted by Crippen LogP contribution is -1.99. The molecule has 1 saturated carbocycles. The lowest BCUT2D eigenvalue weighted by atomic mass is 10.1. The highest BCUT2D eigenvalue weighted by atomic mass is 32.1. The highest BCUT2D eigenvalue weighted by Gasteiger charge is 2.31. The van der Waals surface area contributed by atoms with Crippen molar-refractivity contribution in [1.82, 2.24) is 0 Å². The van der Waals surface area contributed by atoms with Gasteiger partial charge in [0.25, 0.3) is 0 Å². The minimum Gasteiger partial charge on any atom is -0.294 e. The van der Waals surface area contributed by atoms with Gasteiger partial charge in [0.15, 0.2) is 5.78 Å². The summed E-state index contributed by atoms with van der Waals surface area (Å²) in [7, 11) is 0. The van der Waals surface area contributed by atoms with Crippen LogP contribution >= 0.6 is 11.3 Å². The van der Waals surface area contributed by atoms with Gasteiger partial charge < -0.3 is 0 Å². The van der Waals surface area contributed by atoms with E-state index in [2.05, 4.69) is 6.07 Å². The molecule has 2 aromatic rings. The summed E-state index contributed by atoms with van der Waals surface area (Å²) in [6.07, 6.45) is 2.17. The van der Waals surface area contributed by atoms with E-state index < -0.39 is 0 Å². The van der Waals surface area contributed by atoms with Crippen molar-refractivity contribution in [2.45, 2.75) is 12.8 Å². The number of hydrogen-bond donors (Lipinski definition) is 0. The van der Waals surface area contributed by atoms with Gasteiger partial charge in [0.1, 0.15) is 0 Å². The molecule has 0 aliphatic heterocycles. The fourth-order valence-corrected chi connectivity index (χ4v) is 2.68. The summed E-state index contributed by atoms with van der Waals surface area (Å²) in [5.74, 6) is 0.676. The molecule has 0 bridgehead atoms. The van der Waals surface area contributed by atoms with E-state index in [1.165, 1.54) is 4.70 Å². The third-order valence-electron chi connectivity index (χ3n) is 2.69. The van der Waals surface area contributed by atoms with Crippen molar-refractivity contribution in [3.05, 3.63) is 35.2 Å². The number of carbonyl (C=O) groups is 1. The van der Waals surface area contributed by atoms with E-state index in [-0.39, 0.29) is 0 Å². The molecule has 0 amide bonds. The summed E-state index contributed by atoms with van der Waals surface area (Å²) >= 11 is 1.67. The molecule has 1 heterocycles. The van der Waals surface area contributed by atoms with Gasteiger partial charge in [-0.05, 0) is 18.9 Å². The quantitative estimate of drug-likeness (QED) is 0.681. The number of fused-ring (bicyclic) bond motifs is 1. The molecular weight excluding hydrogens is 192 g/mol. The van der Waals surface area contributed by atoms with Crippen molar-refractivity contribution >= 4 is 27.2 Å². The molecule has 14 heavy (non-hydrogen) atoms. The fraction of sp³-hybridized carbons (Fsp3) is 0.250. The Hall–Kier alpha value is -1.15. The van der Waals surface area contributed by atoms with Gasteiger partial charge in [0.05, 0.1) is 0 Å². The van der Waals surface area contributed by atoms with Gasteiger partial charge >= 0.3 is 0 Å². The summed E-state index contributed by atoms with van der Waals surface area (Å²) in [5, 5.41) is 3.14. The normalized spacial score (nSPS) is 16.0. The molecular formula is C12H10OS. The monoisotopic (exact) mass is 202 g/mol. The molecule has 0 saturated heterocycles. The fourth-order valence-electron chi connectivity index (χ4n) is 1.73. The SMILES string of the molecule is O=C(c1csc2ccccc12)C1CC1. The number of Topliss-reactive ketones (excluding diaryl/α,β-unsaturated/α-hetero) is 1. The molecule has 3 rings (SSSR count). The van der Waals surface area contributed by atoms with Crippen molar-refractivity contribution in [3.63, 3.8) is 0 Å². The van der Waals surface area contributed by atoms with Gasteiger partial charge in [-0.15, -0.1) is 11.3 Å². The second kappa shape index (κ2) is 2.92. The predicted octanol–water partition coefficient (Wildman–Crippen LogP) is 3.49. The highest BCUT2D eigenvalue weighted by molar-refractivity contribution is 7.17. The summed E-state index contributed by atoms with van der Waals surface area (Å²) in [4.78, 5) is 11.9. The van der Waals surface area contributed by atoms with Crippen LogP contribution < -0.4 is 0 Å². The highest BCUT2D eigenvalue weighted by Crippen LogP contribution is 2.36. The Kier molecular flexibility index (Phi) is 1.71. The number of thiophene rings is 1. The van der Waals surface area contributed by atoms with Crippen LogP contribution in [0.25, 0.3) is 10.1 Å². The molecule has 1 aliphatic carbocycles. The molecule has 70 valence electrons. The van der Waals surface area contributed by atoms with Crippen LogP contribution in [0.15, 0.2) is 29.6 Å². The Balaban J connectivity index is 2.16. The third-order valence-corrected chi connectivity index (χ3v) is 3.66. The van der Waals surface area contributed by atoms with Crippen LogP contribution in [0.2, 0.25) is 0 Å². The zero-order valence-electron chi connectivity index (χ0n) is 7.69. The summed E-state index contributed by atoms with van der Waals surface area (Å²) < 4.78 is 1.22. The molecule has 0 N–H and O–H groups in total. The topological polar surface area (TPSA) is 17.1 Å². The van der Waals surface area contributed by atoms with E-state index in [9.17, 15) is 4.79 Å². The maximum atomic E-state index is 11.9. The van der Waals surface area contributed by atoms with Crippen LogP contribution in [-0.4, -0.2) is 5.78 Å². The lowest BCUT2D eigenvalue weighted by Gasteiger charge is -1.95. The number of carbonyl (C=O) groups excluding carboxylic acids is 1. The first-order chi connectivity index (χ1) is 6.86. The smallest absolute Gasteiger partial charge is 0.167 e. The Morgan fingerprint density at radius 3 is 2.86 bits per heavy atom. The summed E-state index contributed by atoms with van der Waals surface area (Å²) in [5.41, 5.74) is 0.938. The summed E-state index contributed by atoms with van der Waals surface area (Å²) in [6.45, 7) is 0. The second-order valence-electron chi connectivity index (χ2n) is 3.78. The molecule has 1 nitrogen and oxygen atoms in total. The zero-order chi connectivity index (χ0) is 9.54. The minimum atomic E-state index is 0.327. The predicted molar refractivity (Wildman–Crippen MR) is 58.9 cm³/mol. The minimum absolute atomic E-state index is 0.327. The standard InChI is InChI=1S/C12H10OS/c13-12(8-5-6-8)10-7-14-11-4-2-1-3-9(10)11/h1-4,7-8H,5-6H2. The Morgan fingerprint density at radius 1 is 1.29 bits per heavy atom. The average Bonchev–Trinajstić information content (AvgIpc) is 2.97. The largest absolute Gasteiger partial charge is 0.294 e. The van der Waals surface area contributed by atoms with Crippen LogP contribution in [0.5, 0.6) is 0 Å². The third kappa shape index (κ3) is 1.18. The lowest BCUT2D eigenvalue weighted by molar-refractivity contribution is 0.0969. The van der Waals surface area contributed by atoms with E-state index in [1.807, 2.05) is 23.6 Å². The van der Waals surface area contributed by atoms with Gasteiger partial charge in [-0.3, -0.25) is 4.79 Å². The van der Waals surface area contributed by atoms with Gasteiger partial charge in [0.2, 0.25) is 0 Å². The Morgan fingerprint density at radius 2 is 2.07 bits per heavy atom. The molecule has 1 aromatic carbocycles. The van der Waals surface area contributed by atoms with Crippen molar-refractivity contribution < 1.29 is 4.79 Å². The molecule has 0 radical (unpaired) electrons. The molecule has 0 spiro atoms. The van der Waals surface area contributed by atoms with Gasteiger partial charge in [-0.25, -0.2) is 0 Å². The summed E-state index contributed by atoms with van der Waals surface area (Å²) in [6, 6.07) is 8.13. The number of ketones is 1. The van der Waals surface area contributed by atoms with Crippen molar-refractivity contribution in [1.29, 1.82) is 0 Å². The maximum Gasteiger partial charge on any atom is 0.167 e. The average molecular weight is 202 g/mol. The number of hydrogen-bond acceptors (Lipinski definition) is 2. The van der Waals surface area contributed by atoms with E-state index >= 15 is 0 Å². The second-order valence-corrected chi connectivity index (χ2v) is 4.70.